The Labute approximate surface area is 71.8 Å². The molecule has 13 heavy (non-hydrogen) atoms. The summed E-state index contributed by atoms with van der Waals surface area (Å²) in [6, 6.07) is 0. The van der Waals surface area contributed by atoms with E-state index in [0.717, 1.165) is 7.85 Å². The monoisotopic (exact) mass is 190 g/mol. The average molecular weight is 190 g/mol. The third-order valence-corrected chi connectivity index (χ3v) is 1.63. The van der Waals surface area contributed by atoms with Gasteiger partial charge in [-0.1, -0.05) is 0 Å². The molecule has 6 heteroatoms. The van der Waals surface area contributed by atoms with Gasteiger partial charge in [0, 0.05) is 0 Å². The second-order valence-electron chi connectivity index (χ2n) is 2.41. The first-order valence-corrected chi connectivity index (χ1v) is 3.28. The number of halogens is 4. The zero-order valence-corrected chi connectivity index (χ0v) is 6.50. The zero-order valence-electron chi connectivity index (χ0n) is 6.50. The highest BCUT2D eigenvalue weighted by Crippen LogP contribution is 2.14. The largest absolute Gasteiger partial charge is 0.298 e. The first kappa shape index (κ1) is 9.76. The molecule has 1 nitrogen and oxygen atoms in total. The van der Waals surface area contributed by atoms with Crippen molar-refractivity contribution in [3.63, 3.8) is 0 Å². The lowest BCUT2D eigenvalue weighted by molar-refractivity contribution is 0.111. The van der Waals surface area contributed by atoms with E-state index in [0.29, 0.717) is 0 Å². The van der Waals surface area contributed by atoms with E-state index in [1.165, 1.54) is 0 Å². The quantitative estimate of drug-likeness (QED) is 0.269. The van der Waals surface area contributed by atoms with Gasteiger partial charge in [-0.3, -0.25) is 4.79 Å². The molecular weight excluding hydrogens is 187 g/mol. The van der Waals surface area contributed by atoms with Crippen LogP contribution in [0.25, 0.3) is 0 Å². The molecule has 0 atom stereocenters. The minimum absolute atomic E-state index is 0.268. The molecule has 0 saturated heterocycles. The summed E-state index contributed by atoms with van der Waals surface area (Å²) in [7, 11) is 0.880. The zero-order chi connectivity index (χ0) is 10.2. The summed E-state index contributed by atoms with van der Waals surface area (Å²) in [6.45, 7) is 0. The highest BCUT2D eigenvalue weighted by molar-refractivity contribution is 6.32. The summed E-state index contributed by atoms with van der Waals surface area (Å²) in [5, 5.41) is 0. The van der Waals surface area contributed by atoms with E-state index in [2.05, 4.69) is 0 Å². The lowest BCUT2D eigenvalue weighted by atomic mass is 9.93. The standard InChI is InChI=1S/C7H3BF4O/c8-3-6(11)4(9)2(1-13)5(10)7(3)12/h1H,8H2. The molecule has 68 valence electrons. The van der Waals surface area contributed by atoms with Gasteiger partial charge >= 0.3 is 0 Å². The Morgan fingerprint density at radius 1 is 0.923 bits per heavy atom. The van der Waals surface area contributed by atoms with Crippen LogP contribution >= 0.6 is 0 Å². The van der Waals surface area contributed by atoms with Crippen LogP contribution in [0.4, 0.5) is 17.6 Å². The van der Waals surface area contributed by atoms with E-state index in [-0.39, 0.29) is 6.29 Å². The van der Waals surface area contributed by atoms with Crippen molar-refractivity contribution in [2.24, 2.45) is 0 Å². The summed E-state index contributed by atoms with van der Waals surface area (Å²) >= 11 is 0. The third-order valence-electron chi connectivity index (χ3n) is 1.63. The fourth-order valence-corrected chi connectivity index (χ4v) is 0.862. The summed E-state index contributed by atoms with van der Waals surface area (Å²) in [5.74, 6) is -6.40. The van der Waals surface area contributed by atoms with E-state index in [4.69, 9.17) is 0 Å². The van der Waals surface area contributed by atoms with Crippen LogP contribution < -0.4 is 5.46 Å². The van der Waals surface area contributed by atoms with E-state index < -0.39 is 34.3 Å². The Morgan fingerprint density at radius 3 is 1.62 bits per heavy atom. The summed E-state index contributed by atoms with van der Waals surface area (Å²) in [5.41, 5.74) is -2.00. The molecule has 0 N–H and O–H groups in total. The van der Waals surface area contributed by atoms with Gasteiger partial charge in [0.15, 0.2) is 29.6 Å². The molecule has 0 saturated carbocycles. The van der Waals surface area contributed by atoms with Crippen molar-refractivity contribution in [2.45, 2.75) is 0 Å². The Balaban J connectivity index is 3.66. The number of hydrogen-bond donors (Lipinski definition) is 0. The number of carbonyl (C=O) groups excluding carboxylic acids is 1. The van der Waals surface area contributed by atoms with E-state index >= 15 is 0 Å². The van der Waals surface area contributed by atoms with Crippen molar-refractivity contribution in [3.05, 3.63) is 28.8 Å². The topological polar surface area (TPSA) is 17.1 Å². The number of rotatable bonds is 1. The van der Waals surface area contributed by atoms with E-state index in [9.17, 15) is 22.4 Å². The van der Waals surface area contributed by atoms with Gasteiger partial charge in [-0.2, -0.15) is 0 Å². The molecule has 1 rings (SSSR count). The molecule has 0 spiro atoms. The van der Waals surface area contributed by atoms with Crippen molar-refractivity contribution in [1.82, 2.24) is 0 Å². The number of benzene rings is 1. The molecule has 0 radical (unpaired) electrons. The minimum atomic E-state index is -1.66. The molecular formula is C7H3BF4O. The van der Waals surface area contributed by atoms with Crippen LogP contribution in [-0.2, 0) is 0 Å². The molecule has 0 aliphatic rings. The highest BCUT2D eigenvalue weighted by atomic mass is 19.2. The second-order valence-corrected chi connectivity index (χ2v) is 2.41. The molecule has 0 fully saturated rings. The van der Waals surface area contributed by atoms with Crippen molar-refractivity contribution in [2.75, 3.05) is 0 Å². The van der Waals surface area contributed by atoms with Gasteiger partial charge in [-0.05, 0) is 5.46 Å². The third kappa shape index (κ3) is 1.32. The smallest absolute Gasteiger partial charge is 0.171 e. The van der Waals surface area contributed by atoms with Crippen LogP contribution in [0, 0.1) is 23.3 Å². The van der Waals surface area contributed by atoms with Crippen LogP contribution in [0.2, 0.25) is 0 Å². The van der Waals surface area contributed by atoms with Gasteiger partial charge in [-0.25, -0.2) is 17.6 Å². The lowest BCUT2D eigenvalue weighted by Gasteiger charge is -2.04. The summed E-state index contributed by atoms with van der Waals surface area (Å²) < 4.78 is 50.7. The average Bonchev–Trinajstić information content (AvgIpc) is 2.13. The Kier molecular flexibility index (Phi) is 2.40. The SMILES string of the molecule is Bc1c(F)c(F)c(C=O)c(F)c1F. The summed E-state index contributed by atoms with van der Waals surface area (Å²) in [4.78, 5) is 10.1. The number of carbonyl (C=O) groups is 1. The van der Waals surface area contributed by atoms with Crippen molar-refractivity contribution in [1.29, 1.82) is 0 Å². The van der Waals surface area contributed by atoms with Crippen LogP contribution in [0.15, 0.2) is 0 Å². The Morgan fingerprint density at radius 2 is 1.31 bits per heavy atom. The molecule has 0 aliphatic carbocycles. The number of aldehydes is 1. The fourth-order valence-electron chi connectivity index (χ4n) is 0.862. The molecule has 0 aliphatic heterocycles. The first-order chi connectivity index (χ1) is 6.00. The van der Waals surface area contributed by atoms with Crippen LogP contribution in [0.5, 0.6) is 0 Å². The second kappa shape index (κ2) is 3.20. The van der Waals surface area contributed by atoms with Crippen LogP contribution in [0.1, 0.15) is 10.4 Å². The maximum absolute atomic E-state index is 12.7. The van der Waals surface area contributed by atoms with Gasteiger partial charge in [0.2, 0.25) is 0 Å². The normalized spacial score (nSPS) is 10.2. The predicted molar refractivity (Wildman–Crippen MR) is 39.8 cm³/mol. The molecule has 0 unspecified atom stereocenters. The van der Waals surface area contributed by atoms with Crippen molar-refractivity contribution >= 4 is 19.6 Å². The van der Waals surface area contributed by atoms with E-state index in [1.807, 2.05) is 0 Å². The number of hydrogen-bond acceptors (Lipinski definition) is 1. The predicted octanol–water partition coefficient (Wildman–Crippen LogP) is 0.314. The Bertz CT molecular complexity index is 348. The molecule has 0 bridgehead atoms. The highest BCUT2D eigenvalue weighted by Gasteiger charge is 2.21. The Hall–Kier alpha value is -1.33. The van der Waals surface area contributed by atoms with Crippen molar-refractivity contribution < 1.29 is 22.4 Å². The maximum Gasteiger partial charge on any atom is 0.171 e. The van der Waals surface area contributed by atoms with Gasteiger partial charge in [0.05, 0.1) is 5.56 Å². The molecule has 1 aromatic rings. The van der Waals surface area contributed by atoms with Crippen molar-refractivity contribution in [3.8, 4) is 0 Å². The van der Waals surface area contributed by atoms with Gasteiger partial charge in [-0.15, -0.1) is 0 Å². The lowest BCUT2D eigenvalue weighted by Crippen LogP contribution is -2.20. The minimum Gasteiger partial charge on any atom is -0.298 e. The van der Waals surface area contributed by atoms with Gasteiger partial charge in [0.25, 0.3) is 0 Å². The maximum atomic E-state index is 12.7. The van der Waals surface area contributed by atoms with Gasteiger partial charge in [0.1, 0.15) is 7.85 Å². The molecule has 0 heterocycles. The molecule has 1 aromatic carbocycles. The van der Waals surface area contributed by atoms with Gasteiger partial charge < -0.3 is 0 Å². The fraction of sp³-hybridized carbons (Fsp3) is 0. The van der Waals surface area contributed by atoms with Crippen LogP contribution in [-0.4, -0.2) is 14.1 Å². The van der Waals surface area contributed by atoms with E-state index in [1.54, 1.807) is 0 Å². The molecule has 0 aromatic heterocycles. The van der Waals surface area contributed by atoms with Crippen LogP contribution in [0.3, 0.4) is 0 Å². The summed E-state index contributed by atoms with van der Waals surface area (Å²) in [6.07, 6.45) is -0.268. The first-order valence-electron chi connectivity index (χ1n) is 3.28. The molecule has 0 amide bonds.